The van der Waals surface area contributed by atoms with Gasteiger partial charge in [0, 0.05) is 6.04 Å². The maximum Gasteiger partial charge on any atom is 0.00960 e. The molecule has 1 saturated heterocycles. The van der Waals surface area contributed by atoms with Crippen molar-refractivity contribution in [3.05, 3.63) is 0 Å². The molecule has 2 N–H and O–H groups in total. The number of hydrogen-bond donors (Lipinski definition) is 1. The number of rotatable bonds is 4. The SMILES string of the molecule is CCN1CCC[C@@H]1CCCN. The molecule has 1 fully saturated rings. The Morgan fingerprint density at radius 2 is 2.36 bits per heavy atom. The zero-order valence-electron chi connectivity index (χ0n) is 7.55. The summed E-state index contributed by atoms with van der Waals surface area (Å²) in [6.07, 6.45) is 5.29. The molecule has 1 atom stereocenters. The summed E-state index contributed by atoms with van der Waals surface area (Å²) in [5, 5.41) is 0. The van der Waals surface area contributed by atoms with Gasteiger partial charge in [0.2, 0.25) is 0 Å². The van der Waals surface area contributed by atoms with Crippen LogP contribution in [0.2, 0.25) is 0 Å². The van der Waals surface area contributed by atoms with Gasteiger partial charge >= 0.3 is 0 Å². The third kappa shape index (κ3) is 2.46. The van der Waals surface area contributed by atoms with Crippen LogP contribution in [0, 0.1) is 0 Å². The van der Waals surface area contributed by atoms with Crippen molar-refractivity contribution in [2.75, 3.05) is 19.6 Å². The van der Waals surface area contributed by atoms with Crippen molar-refractivity contribution in [1.29, 1.82) is 0 Å². The van der Waals surface area contributed by atoms with Crippen molar-refractivity contribution in [1.82, 2.24) is 4.90 Å². The molecule has 0 spiro atoms. The van der Waals surface area contributed by atoms with E-state index in [9.17, 15) is 0 Å². The van der Waals surface area contributed by atoms with Crippen LogP contribution in [0.5, 0.6) is 0 Å². The van der Waals surface area contributed by atoms with E-state index in [1.54, 1.807) is 0 Å². The number of hydrogen-bond acceptors (Lipinski definition) is 2. The number of nitrogens with zero attached hydrogens (tertiary/aromatic N) is 1. The molecule has 0 amide bonds. The Hall–Kier alpha value is -0.0800. The maximum atomic E-state index is 5.48. The summed E-state index contributed by atoms with van der Waals surface area (Å²) < 4.78 is 0. The van der Waals surface area contributed by atoms with Crippen molar-refractivity contribution in [3.63, 3.8) is 0 Å². The van der Waals surface area contributed by atoms with Crippen LogP contribution in [-0.2, 0) is 0 Å². The molecule has 66 valence electrons. The minimum Gasteiger partial charge on any atom is -0.330 e. The second kappa shape index (κ2) is 4.73. The molecule has 0 unspecified atom stereocenters. The highest BCUT2D eigenvalue weighted by Gasteiger charge is 2.21. The average Bonchev–Trinajstić information content (AvgIpc) is 2.47. The highest BCUT2D eigenvalue weighted by Crippen LogP contribution is 2.20. The van der Waals surface area contributed by atoms with E-state index >= 15 is 0 Å². The summed E-state index contributed by atoms with van der Waals surface area (Å²) in [6.45, 7) is 5.63. The first kappa shape index (κ1) is 9.01. The quantitative estimate of drug-likeness (QED) is 0.663. The fourth-order valence-corrected chi connectivity index (χ4v) is 1.99. The second-order valence-electron chi connectivity index (χ2n) is 3.36. The molecule has 1 aliphatic rings. The van der Waals surface area contributed by atoms with Crippen molar-refractivity contribution in [2.24, 2.45) is 5.73 Å². The summed E-state index contributed by atoms with van der Waals surface area (Å²) in [7, 11) is 0. The largest absolute Gasteiger partial charge is 0.330 e. The van der Waals surface area contributed by atoms with Gasteiger partial charge in [-0.15, -0.1) is 0 Å². The Morgan fingerprint density at radius 1 is 1.55 bits per heavy atom. The Morgan fingerprint density at radius 3 is 3.00 bits per heavy atom. The third-order valence-corrected chi connectivity index (χ3v) is 2.65. The summed E-state index contributed by atoms with van der Waals surface area (Å²) in [5.41, 5.74) is 5.48. The van der Waals surface area contributed by atoms with E-state index in [0.717, 1.165) is 12.6 Å². The van der Waals surface area contributed by atoms with E-state index in [1.807, 2.05) is 0 Å². The van der Waals surface area contributed by atoms with Gasteiger partial charge in [-0.2, -0.15) is 0 Å². The molecule has 1 rings (SSSR count). The third-order valence-electron chi connectivity index (χ3n) is 2.65. The zero-order valence-corrected chi connectivity index (χ0v) is 7.55. The fraction of sp³-hybridized carbons (Fsp3) is 1.00. The van der Waals surface area contributed by atoms with E-state index < -0.39 is 0 Å². The van der Waals surface area contributed by atoms with Crippen molar-refractivity contribution >= 4 is 0 Å². The van der Waals surface area contributed by atoms with Crippen molar-refractivity contribution in [3.8, 4) is 0 Å². The minimum absolute atomic E-state index is 0.851. The predicted molar refractivity (Wildman–Crippen MR) is 48.6 cm³/mol. The molecule has 0 radical (unpaired) electrons. The van der Waals surface area contributed by atoms with E-state index in [4.69, 9.17) is 5.73 Å². The first-order valence-corrected chi connectivity index (χ1v) is 4.82. The molecular formula is C9H20N2. The highest BCUT2D eigenvalue weighted by molar-refractivity contribution is 4.77. The number of nitrogens with two attached hydrogens (primary N) is 1. The van der Waals surface area contributed by atoms with Gasteiger partial charge in [-0.25, -0.2) is 0 Å². The molecule has 0 aromatic rings. The lowest BCUT2D eigenvalue weighted by molar-refractivity contribution is 0.253. The molecule has 1 aliphatic heterocycles. The van der Waals surface area contributed by atoms with E-state index in [-0.39, 0.29) is 0 Å². The lowest BCUT2D eigenvalue weighted by atomic mass is 10.1. The van der Waals surface area contributed by atoms with Crippen molar-refractivity contribution in [2.45, 2.75) is 38.6 Å². The van der Waals surface area contributed by atoms with Gasteiger partial charge in [0.15, 0.2) is 0 Å². The summed E-state index contributed by atoms with van der Waals surface area (Å²) in [6, 6.07) is 0.851. The smallest absolute Gasteiger partial charge is 0.00960 e. The topological polar surface area (TPSA) is 29.3 Å². The first-order valence-electron chi connectivity index (χ1n) is 4.82. The highest BCUT2D eigenvalue weighted by atomic mass is 15.2. The summed E-state index contributed by atoms with van der Waals surface area (Å²) in [4.78, 5) is 2.58. The molecule has 0 aliphatic carbocycles. The molecule has 2 heteroatoms. The van der Waals surface area contributed by atoms with Crippen LogP contribution in [0.4, 0.5) is 0 Å². The number of likely N-dealkylation sites (tertiary alicyclic amines) is 1. The van der Waals surface area contributed by atoms with Crippen molar-refractivity contribution < 1.29 is 0 Å². The van der Waals surface area contributed by atoms with Crippen LogP contribution < -0.4 is 5.73 Å². The summed E-state index contributed by atoms with van der Waals surface area (Å²) in [5.74, 6) is 0. The van der Waals surface area contributed by atoms with Crippen LogP contribution in [0.3, 0.4) is 0 Å². The Kier molecular flexibility index (Phi) is 3.87. The maximum absolute atomic E-state index is 5.48. The lowest BCUT2D eigenvalue weighted by Gasteiger charge is -2.22. The van der Waals surface area contributed by atoms with Gasteiger partial charge in [-0.1, -0.05) is 6.92 Å². The molecule has 0 aromatic heterocycles. The van der Waals surface area contributed by atoms with E-state index in [1.165, 1.54) is 38.8 Å². The van der Waals surface area contributed by atoms with Crippen LogP contribution >= 0.6 is 0 Å². The second-order valence-corrected chi connectivity index (χ2v) is 3.36. The van der Waals surface area contributed by atoms with Gasteiger partial charge in [0.1, 0.15) is 0 Å². The molecular weight excluding hydrogens is 136 g/mol. The first-order chi connectivity index (χ1) is 5.38. The molecule has 0 saturated carbocycles. The standard InChI is InChI=1S/C9H20N2/c1-2-11-8-4-6-9(11)5-3-7-10/h9H,2-8,10H2,1H3/t9-/m0/s1. The van der Waals surface area contributed by atoms with E-state index in [2.05, 4.69) is 11.8 Å². The van der Waals surface area contributed by atoms with Crippen LogP contribution in [-0.4, -0.2) is 30.6 Å². The van der Waals surface area contributed by atoms with Crippen LogP contribution in [0.1, 0.15) is 32.6 Å². The van der Waals surface area contributed by atoms with Gasteiger partial charge < -0.3 is 10.6 Å². The van der Waals surface area contributed by atoms with Gasteiger partial charge in [-0.05, 0) is 45.3 Å². The zero-order chi connectivity index (χ0) is 8.10. The predicted octanol–water partition coefficient (Wildman–Crippen LogP) is 1.21. The van der Waals surface area contributed by atoms with Crippen LogP contribution in [0.25, 0.3) is 0 Å². The average molecular weight is 156 g/mol. The lowest BCUT2D eigenvalue weighted by Crippen LogP contribution is -2.29. The normalized spacial score (nSPS) is 26.2. The van der Waals surface area contributed by atoms with E-state index in [0.29, 0.717) is 0 Å². The minimum atomic E-state index is 0.851. The Balaban J connectivity index is 2.20. The monoisotopic (exact) mass is 156 g/mol. The van der Waals surface area contributed by atoms with Crippen LogP contribution in [0.15, 0.2) is 0 Å². The molecule has 0 bridgehead atoms. The molecule has 1 heterocycles. The van der Waals surface area contributed by atoms with Gasteiger partial charge in [0.25, 0.3) is 0 Å². The summed E-state index contributed by atoms with van der Waals surface area (Å²) >= 11 is 0. The molecule has 11 heavy (non-hydrogen) atoms. The molecule has 0 aromatic carbocycles. The Labute approximate surface area is 69.8 Å². The fourth-order valence-electron chi connectivity index (χ4n) is 1.99. The molecule has 2 nitrogen and oxygen atoms in total. The van der Waals surface area contributed by atoms with Gasteiger partial charge in [-0.3, -0.25) is 0 Å². The van der Waals surface area contributed by atoms with Gasteiger partial charge in [0.05, 0.1) is 0 Å². The Bertz CT molecular complexity index is 104.